The van der Waals surface area contributed by atoms with Crippen LogP contribution in [0.5, 0.6) is 0 Å². The topological polar surface area (TPSA) is 80.4 Å². The van der Waals surface area contributed by atoms with Gasteiger partial charge >= 0.3 is 5.69 Å². The summed E-state index contributed by atoms with van der Waals surface area (Å²) in [4.78, 5) is 27.1. The Kier molecular flexibility index (Phi) is 5.78. The molecule has 1 aliphatic heterocycles. The van der Waals surface area contributed by atoms with Gasteiger partial charge in [0.2, 0.25) is 5.91 Å². The maximum absolute atomic E-state index is 12.8. The van der Waals surface area contributed by atoms with Crippen LogP contribution in [0.2, 0.25) is 5.02 Å². The van der Waals surface area contributed by atoms with Crippen LogP contribution in [0.25, 0.3) is 5.69 Å². The number of aliphatic hydroxyl groups is 1. The highest BCUT2D eigenvalue weighted by Gasteiger charge is 2.24. The van der Waals surface area contributed by atoms with Crippen molar-refractivity contribution in [3.8, 4) is 5.69 Å². The summed E-state index contributed by atoms with van der Waals surface area (Å²) in [6.45, 7) is 2.87. The summed E-state index contributed by atoms with van der Waals surface area (Å²) < 4.78 is 2.74. The molecule has 1 atom stereocenters. The number of hydrogen-bond donors (Lipinski definition) is 1. The van der Waals surface area contributed by atoms with Gasteiger partial charge < -0.3 is 10.0 Å². The normalized spacial score (nSPS) is 17.5. The Morgan fingerprint density at radius 2 is 2.08 bits per heavy atom. The summed E-state index contributed by atoms with van der Waals surface area (Å²) in [5.74, 6) is 0.414. The molecule has 2 aromatic rings. The number of benzene rings is 1. The molecule has 1 aromatic heterocycles. The molecule has 0 saturated carbocycles. The zero-order valence-corrected chi connectivity index (χ0v) is 15.5. The third-order valence-electron chi connectivity index (χ3n) is 4.53. The molecule has 1 fully saturated rings. The third-order valence-corrected chi connectivity index (χ3v) is 4.78. The van der Waals surface area contributed by atoms with Crippen LogP contribution in [0.15, 0.2) is 29.1 Å². The van der Waals surface area contributed by atoms with Crippen LogP contribution in [-0.4, -0.2) is 49.5 Å². The first-order valence-electron chi connectivity index (χ1n) is 8.90. The lowest BCUT2D eigenvalue weighted by atomic mass is 10.1. The van der Waals surface area contributed by atoms with Gasteiger partial charge in [-0.3, -0.25) is 9.36 Å². The Morgan fingerprint density at radius 1 is 1.35 bits per heavy atom. The van der Waals surface area contributed by atoms with Gasteiger partial charge in [0.15, 0.2) is 0 Å². The highest BCUT2D eigenvalue weighted by atomic mass is 35.5. The van der Waals surface area contributed by atoms with Crippen LogP contribution in [0.1, 0.15) is 32.0 Å². The first kappa shape index (κ1) is 18.7. The number of aromatic nitrogens is 3. The van der Waals surface area contributed by atoms with E-state index in [4.69, 9.17) is 11.6 Å². The minimum atomic E-state index is -0.490. The average Bonchev–Trinajstić information content (AvgIpc) is 2.92. The van der Waals surface area contributed by atoms with Crippen molar-refractivity contribution < 1.29 is 9.90 Å². The van der Waals surface area contributed by atoms with Crippen molar-refractivity contribution in [2.24, 2.45) is 0 Å². The summed E-state index contributed by atoms with van der Waals surface area (Å²) in [7, 11) is 0. The number of carbonyl (C=O) groups is 1. The van der Waals surface area contributed by atoms with Crippen molar-refractivity contribution in [3.63, 3.8) is 0 Å². The molecule has 0 bridgehead atoms. The standard InChI is InChI=1S/C18H23ClN4O3/c1-2-4-16-20-23(14-8-6-13(19)7-9-14)18(26)22(16)12-17(25)21-10-3-5-15(24)11-21/h6-9,15,24H,2-5,10-12H2,1H3/t15-/m0/s1. The molecule has 8 heteroatoms. The van der Waals surface area contributed by atoms with Gasteiger partial charge in [0.1, 0.15) is 12.4 Å². The van der Waals surface area contributed by atoms with E-state index in [9.17, 15) is 14.7 Å². The van der Waals surface area contributed by atoms with E-state index < -0.39 is 6.10 Å². The lowest BCUT2D eigenvalue weighted by Crippen LogP contribution is -2.44. The molecular formula is C18H23ClN4O3. The molecular weight excluding hydrogens is 356 g/mol. The van der Waals surface area contributed by atoms with Crippen molar-refractivity contribution >= 4 is 17.5 Å². The zero-order valence-electron chi connectivity index (χ0n) is 14.8. The van der Waals surface area contributed by atoms with E-state index in [0.29, 0.717) is 42.5 Å². The molecule has 7 nitrogen and oxygen atoms in total. The van der Waals surface area contributed by atoms with E-state index in [0.717, 1.165) is 12.8 Å². The average molecular weight is 379 g/mol. The summed E-state index contributed by atoms with van der Waals surface area (Å²) in [5.41, 5.74) is 0.262. The largest absolute Gasteiger partial charge is 0.391 e. The van der Waals surface area contributed by atoms with Gasteiger partial charge in [-0.25, -0.2) is 4.79 Å². The van der Waals surface area contributed by atoms with E-state index in [2.05, 4.69) is 5.10 Å². The van der Waals surface area contributed by atoms with Gasteiger partial charge in [-0.15, -0.1) is 5.10 Å². The molecule has 26 heavy (non-hydrogen) atoms. The second-order valence-corrected chi connectivity index (χ2v) is 7.00. The van der Waals surface area contributed by atoms with Gasteiger partial charge in [0.25, 0.3) is 0 Å². The fourth-order valence-corrected chi connectivity index (χ4v) is 3.30. The molecule has 1 saturated heterocycles. The first-order valence-corrected chi connectivity index (χ1v) is 9.28. The smallest absolute Gasteiger partial charge is 0.351 e. The summed E-state index contributed by atoms with van der Waals surface area (Å²) in [5, 5.41) is 14.8. The molecule has 1 aliphatic rings. The summed E-state index contributed by atoms with van der Waals surface area (Å²) in [6.07, 6.45) is 2.41. The van der Waals surface area contributed by atoms with Gasteiger partial charge in [-0.1, -0.05) is 18.5 Å². The van der Waals surface area contributed by atoms with Crippen molar-refractivity contribution in [1.29, 1.82) is 0 Å². The van der Waals surface area contributed by atoms with Gasteiger partial charge in [-0.05, 0) is 43.5 Å². The maximum Gasteiger partial charge on any atom is 0.351 e. The number of amides is 1. The number of aliphatic hydroxyl groups excluding tert-OH is 1. The Labute approximate surface area is 156 Å². The summed E-state index contributed by atoms with van der Waals surface area (Å²) >= 11 is 5.91. The zero-order chi connectivity index (χ0) is 18.7. The molecule has 2 heterocycles. The lowest BCUT2D eigenvalue weighted by molar-refractivity contribution is -0.135. The predicted molar refractivity (Wildman–Crippen MR) is 98.6 cm³/mol. The molecule has 1 aromatic carbocycles. The SMILES string of the molecule is CCCc1nn(-c2ccc(Cl)cc2)c(=O)n1CC(=O)N1CCC[C@H](O)C1. The molecule has 140 valence electrons. The highest BCUT2D eigenvalue weighted by Crippen LogP contribution is 2.13. The molecule has 0 spiro atoms. The first-order chi connectivity index (χ1) is 12.5. The van der Waals surface area contributed by atoms with E-state index in [1.807, 2.05) is 6.92 Å². The monoisotopic (exact) mass is 378 g/mol. The highest BCUT2D eigenvalue weighted by molar-refractivity contribution is 6.30. The number of piperidine rings is 1. The Balaban J connectivity index is 1.89. The fourth-order valence-electron chi connectivity index (χ4n) is 3.17. The number of likely N-dealkylation sites (tertiary alicyclic amines) is 1. The minimum absolute atomic E-state index is 0.0610. The van der Waals surface area contributed by atoms with Crippen LogP contribution >= 0.6 is 11.6 Å². The van der Waals surface area contributed by atoms with Gasteiger partial charge in [-0.2, -0.15) is 4.68 Å². The van der Waals surface area contributed by atoms with Crippen LogP contribution in [0.3, 0.4) is 0 Å². The van der Waals surface area contributed by atoms with Crippen LogP contribution in [0.4, 0.5) is 0 Å². The Morgan fingerprint density at radius 3 is 2.73 bits per heavy atom. The minimum Gasteiger partial charge on any atom is -0.391 e. The number of β-amino-alcohol motifs (C(OH)–C–C–N with tert-alkyl or cyclic N) is 1. The number of nitrogens with zero attached hydrogens (tertiary/aromatic N) is 4. The number of aryl methyl sites for hydroxylation is 1. The Bertz CT molecular complexity index is 828. The van der Waals surface area contributed by atoms with Gasteiger partial charge in [0.05, 0.1) is 11.8 Å². The maximum atomic E-state index is 12.8. The number of halogens is 1. The molecule has 0 unspecified atom stereocenters. The van der Waals surface area contributed by atoms with Crippen LogP contribution in [0, 0.1) is 0 Å². The van der Waals surface area contributed by atoms with Crippen molar-refractivity contribution in [1.82, 2.24) is 19.2 Å². The van der Waals surface area contributed by atoms with E-state index in [1.54, 1.807) is 29.2 Å². The quantitative estimate of drug-likeness (QED) is 0.857. The Hall–Kier alpha value is -2.12. The molecule has 0 aliphatic carbocycles. The fraction of sp³-hybridized carbons (Fsp3) is 0.500. The third kappa shape index (κ3) is 3.99. The summed E-state index contributed by atoms with van der Waals surface area (Å²) in [6, 6.07) is 6.84. The predicted octanol–water partition coefficient (Wildman–Crippen LogP) is 1.62. The molecule has 1 amide bonds. The molecule has 3 rings (SSSR count). The molecule has 0 radical (unpaired) electrons. The van der Waals surface area contributed by atoms with Crippen molar-refractivity contribution in [2.75, 3.05) is 13.1 Å². The van der Waals surface area contributed by atoms with E-state index in [-0.39, 0.29) is 18.1 Å². The second-order valence-electron chi connectivity index (χ2n) is 6.56. The van der Waals surface area contributed by atoms with Crippen LogP contribution in [-0.2, 0) is 17.8 Å². The number of rotatable bonds is 5. The molecule has 1 N–H and O–H groups in total. The van der Waals surface area contributed by atoms with Crippen molar-refractivity contribution in [2.45, 2.75) is 45.3 Å². The van der Waals surface area contributed by atoms with E-state index >= 15 is 0 Å². The van der Waals surface area contributed by atoms with Crippen LogP contribution < -0.4 is 5.69 Å². The van der Waals surface area contributed by atoms with E-state index in [1.165, 1.54) is 9.25 Å². The van der Waals surface area contributed by atoms with Gasteiger partial charge in [0, 0.05) is 24.5 Å². The number of carbonyl (C=O) groups excluding carboxylic acids is 1. The lowest BCUT2D eigenvalue weighted by Gasteiger charge is -2.30. The number of hydrogen-bond acceptors (Lipinski definition) is 4. The second kappa shape index (κ2) is 8.05. The van der Waals surface area contributed by atoms with Crippen molar-refractivity contribution in [3.05, 3.63) is 45.6 Å².